The van der Waals surface area contributed by atoms with Gasteiger partial charge in [-0.1, -0.05) is 18.2 Å². The SMILES string of the molecule is Cc1cccc(C)c1C(=O)NCCC1CCCN1. The Labute approximate surface area is 109 Å². The van der Waals surface area contributed by atoms with Crippen molar-refractivity contribution < 1.29 is 4.79 Å². The number of carbonyl (C=O) groups excluding carboxylic acids is 1. The number of carbonyl (C=O) groups is 1. The summed E-state index contributed by atoms with van der Waals surface area (Å²) in [4.78, 5) is 12.1. The summed E-state index contributed by atoms with van der Waals surface area (Å²) in [6.07, 6.45) is 3.52. The maximum atomic E-state index is 12.1. The summed E-state index contributed by atoms with van der Waals surface area (Å²) in [5, 5.41) is 6.47. The molecule has 2 N–H and O–H groups in total. The Morgan fingerprint density at radius 3 is 2.72 bits per heavy atom. The van der Waals surface area contributed by atoms with E-state index < -0.39 is 0 Å². The fraction of sp³-hybridized carbons (Fsp3) is 0.533. The van der Waals surface area contributed by atoms with Gasteiger partial charge in [0, 0.05) is 18.2 Å². The lowest BCUT2D eigenvalue weighted by atomic mass is 10.0. The second kappa shape index (κ2) is 6.01. The maximum Gasteiger partial charge on any atom is 0.251 e. The number of rotatable bonds is 4. The highest BCUT2D eigenvalue weighted by atomic mass is 16.1. The Bertz CT molecular complexity index is 402. The van der Waals surface area contributed by atoms with Gasteiger partial charge in [-0.05, 0) is 50.8 Å². The van der Waals surface area contributed by atoms with Crippen molar-refractivity contribution in [3.63, 3.8) is 0 Å². The molecule has 98 valence electrons. The molecule has 3 heteroatoms. The molecule has 1 aromatic rings. The van der Waals surface area contributed by atoms with E-state index in [4.69, 9.17) is 0 Å². The number of hydrogen-bond donors (Lipinski definition) is 2. The first-order valence-corrected chi connectivity index (χ1v) is 6.76. The van der Waals surface area contributed by atoms with Crippen LogP contribution in [0.15, 0.2) is 18.2 Å². The molecule has 0 spiro atoms. The van der Waals surface area contributed by atoms with Crippen LogP contribution in [0, 0.1) is 13.8 Å². The van der Waals surface area contributed by atoms with Crippen LogP contribution in [-0.4, -0.2) is 25.0 Å². The van der Waals surface area contributed by atoms with E-state index in [1.54, 1.807) is 0 Å². The first-order chi connectivity index (χ1) is 8.68. The fourth-order valence-corrected chi connectivity index (χ4v) is 2.62. The van der Waals surface area contributed by atoms with Crippen molar-refractivity contribution >= 4 is 5.91 Å². The van der Waals surface area contributed by atoms with Gasteiger partial charge in [-0.25, -0.2) is 0 Å². The molecule has 0 aliphatic carbocycles. The smallest absolute Gasteiger partial charge is 0.251 e. The van der Waals surface area contributed by atoms with Crippen molar-refractivity contribution in [2.24, 2.45) is 0 Å². The van der Waals surface area contributed by atoms with Crippen molar-refractivity contribution in [1.82, 2.24) is 10.6 Å². The Balaban J connectivity index is 1.87. The summed E-state index contributed by atoms with van der Waals surface area (Å²) in [5.41, 5.74) is 2.93. The fourth-order valence-electron chi connectivity index (χ4n) is 2.62. The van der Waals surface area contributed by atoms with Crippen LogP contribution in [0.4, 0.5) is 0 Å². The third kappa shape index (κ3) is 3.10. The van der Waals surface area contributed by atoms with Crippen molar-refractivity contribution in [3.8, 4) is 0 Å². The molecule has 0 saturated carbocycles. The van der Waals surface area contributed by atoms with Crippen molar-refractivity contribution in [3.05, 3.63) is 34.9 Å². The van der Waals surface area contributed by atoms with Gasteiger partial charge in [0.05, 0.1) is 0 Å². The third-order valence-electron chi connectivity index (χ3n) is 3.65. The number of amides is 1. The lowest BCUT2D eigenvalue weighted by molar-refractivity contribution is 0.0951. The molecule has 1 unspecified atom stereocenters. The molecule has 2 rings (SSSR count). The third-order valence-corrected chi connectivity index (χ3v) is 3.65. The van der Waals surface area contributed by atoms with E-state index in [1.165, 1.54) is 12.8 Å². The van der Waals surface area contributed by atoms with E-state index in [0.717, 1.165) is 36.2 Å². The standard InChI is InChI=1S/C15H22N2O/c1-11-5-3-6-12(2)14(11)15(18)17-10-8-13-7-4-9-16-13/h3,5-6,13,16H,4,7-10H2,1-2H3,(H,17,18). The van der Waals surface area contributed by atoms with E-state index in [-0.39, 0.29) is 5.91 Å². The molecule has 1 amide bonds. The molecule has 3 nitrogen and oxygen atoms in total. The van der Waals surface area contributed by atoms with Crippen molar-refractivity contribution in [2.45, 2.75) is 39.2 Å². The van der Waals surface area contributed by atoms with Gasteiger partial charge in [-0.15, -0.1) is 0 Å². The van der Waals surface area contributed by atoms with Crippen LogP contribution < -0.4 is 10.6 Å². The second-order valence-corrected chi connectivity index (χ2v) is 5.10. The van der Waals surface area contributed by atoms with Gasteiger partial charge in [-0.2, -0.15) is 0 Å². The topological polar surface area (TPSA) is 41.1 Å². The highest BCUT2D eigenvalue weighted by Crippen LogP contribution is 2.13. The molecular formula is C15H22N2O. The zero-order valence-corrected chi connectivity index (χ0v) is 11.3. The zero-order chi connectivity index (χ0) is 13.0. The molecule has 1 saturated heterocycles. The van der Waals surface area contributed by atoms with Crippen molar-refractivity contribution in [1.29, 1.82) is 0 Å². The predicted octanol–water partition coefficient (Wildman–Crippen LogP) is 2.18. The number of hydrogen-bond acceptors (Lipinski definition) is 2. The van der Waals surface area contributed by atoms with Crippen LogP contribution in [0.5, 0.6) is 0 Å². The highest BCUT2D eigenvalue weighted by molar-refractivity contribution is 5.97. The molecule has 1 fully saturated rings. The van der Waals surface area contributed by atoms with Gasteiger partial charge in [0.15, 0.2) is 0 Å². The lowest BCUT2D eigenvalue weighted by Crippen LogP contribution is -2.31. The van der Waals surface area contributed by atoms with E-state index >= 15 is 0 Å². The Morgan fingerprint density at radius 1 is 1.39 bits per heavy atom. The van der Waals surface area contributed by atoms with Gasteiger partial charge in [0.2, 0.25) is 0 Å². The monoisotopic (exact) mass is 246 g/mol. The highest BCUT2D eigenvalue weighted by Gasteiger charge is 2.15. The molecule has 1 aliphatic rings. The van der Waals surface area contributed by atoms with Gasteiger partial charge in [0.25, 0.3) is 5.91 Å². The van der Waals surface area contributed by atoms with Gasteiger partial charge in [-0.3, -0.25) is 4.79 Å². The Morgan fingerprint density at radius 2 is 2.11 bits per heavy atom. The largest absolute Gasteiger partial charge is 0.352 e. The second-order valence-electron chi connectivity index (χ2n) is 5.10. The first-order valence-electron chi connectivity index (χ1n) is 6.76. The van der Waals surface area contributed by atoms with Gasteiger partial charge in [0.1, 0.15) is 0 Å². The summed E-state index contributed by atoms with van der Waals surface area (Å²) >= 11 is 0. The summed E-state index contributed by atoms with van der Waals surface area (Å²) < 4.78 is 0. The maximum absolute atomic E-state index is 12.1. The van der Waals surface area contributed by atoms with Crippen LogP contribution in [0.2, 0.25) is 0 Å². The minimum Gasteiger partial charge on any atom is -0.352 e. The molecule has 1 heterocycles. The number of benzene rings is 1. The summed E-state index contributed by atoms with van der Waals surface area (Å²) in [6, 6.07) is 6.55. The lowest BCUT2D eigenvalue weighted by Gasteiger charge is -2.13. The Kier molecular flexibility index (Phi) is 4.37. The summed E-state index contributed by atoms with van der Waals surface area (Å²) in [6.45, 7) is 5.85. The van der Waals surface area contributed by atoms with Crippen LogP contribution in [0.25, 0.3) is 0 Å². The molecular weight excluding hydrogens is 224 g/mol. The zero-order valence-electron chi connectivity index (χ0n) is 11.3. The normalized spacial score (nSPS) is 18.9. The van der Waals surface area contributed by atoms with E-state index in [2.05, 4.69) is 10.6 Å². The molecule has 0 radical (unpaired) electrons. The molecule has 0 bridgehead atoms. The van der Waals surface area contributed by atoms with Gasteiger partial charge < -0.3 is 10.6 Å². The molecule has 0 aromatic heterocycles. The van der Waals surface area contributed by atoms with Gasteiger partial charge >= 0.3 is 0 Å². The molecule has 18 heavy (non-hydrogen) atoms. The molecule has 1 aromatic carbocycles. The average Bonchev–Trinajstić information content (AvgIpc) is 2.82. The van der Waals surface area contributed by atoms with Crippen LogP contribution in [0.3, 0.4) is 0 Å². The first kappa shape index (κ1) is 13.1. The molecule has 1 aliphatic heterocycles. The van der Waals surface area contributed by atoms with E-state index in [1.807, 2.05) is 32.0 Å². The summed E-state index contributed by atoms with van der Waals surface area (Å²) in [5.74, 6) is 0.0589. The molecule has 1 atom stereocenters. The Hall–Kier alpha value is -1.35. The summed E-state index contributed by atoms with van der Waals surface area (Å²) in [7, 11) is 0. The number of aryl methyl sites for hydroxylation is 2. The van der Waals surface area contributed by atoms with Crippen LogP contribution >= 0.6 is 0 Å². The predicted molar refractivity (Wildman–Crippen MR) is 73.9 cm³/mol. The minimum atomic E-state index is 0.0589. The van der Waals surface area contributed by atoms with E-state index in [9.17, 15) is 4.79 Å². The number of nitrogens with one attached hydrogen (secondary N) is 2. The van der Waals surface area contributed by atoms with Crippen LogP contribution in [0.1, 0.15) is 40.7 Å². The van der Waals surface area contributed by atoms with Crippen molar-refractivity contribution in [2.75, 3.05) is 13.1 Å². The quantitative estimate of drug-likeness (QED) is 0.855. The average molecular weight is 246 g/mol. The van der Waals surface area contributed by atoms with Crippen LogP contribution in [-0.2, 0) is 0 Å². The minimum absolute atomic E-state index is 0.0589. The van der Waals surface area contributed by atoms with E-state index in [0.29, 0.717) is 6.04 Å².